The van der Waals surface area contributed by atoms with Crippen LogP contribution in [0, 0.1) is 13.8 Å². The number of para-hydroxylation sites is 1. The first kappa shape index (κ1) is 21.2. The smallest absolute Gasteiger partial charge is 0.251 e. The highest BCUT2D eigenvalue weighted by Gasteiger charge is 2.19. The molecule has 0 unspecified atom stereocenters. The van der Waals surface area contributed by atoms with Crippen molar-refractivity contribution in [3.05, 3.63) is 71.0 Å². The molecule has 2 aromatic carbocycles. The summed E-state index contributed by atoms with van der Waals surface area (Å²) in [5, 5.41) is 3.56. The fourth-order valence-electron chi connectivity index (χ4n) is 3.18. The van der Waals surface area contributed by atoms with Gasteiger partial charge in [-0.25, -0.2) is 18.1 Å². The Morgan fingerprint density at radius 2 is 1.90 bits per heavy atom. The molecule has 0 radical (unpaired) electrons. The molecule has 1 amide bonds. The van der Waals surface area contributed by atoms with Gasteiger partial charge in [-0.05, 0) is 68.4 Å². The average molecular weight is 456 g/mol. The minimum absolute atomic E-state index is 0.0938. The number of furan rings is 1. The summed E-state index contributed by atoms with van der Waals surface area (Å²) in [6.45, 7) is 3.66. The van der Waals surface area contributed by atoms with Crippen molar-refractivity contribution < 1.29 is 17.6 Å². The van der Waals surface area contributed by atoms with Crippen molar-refractivity contribution in [3.8, 4) is 10.8 Å². The average Bonchev–Trinajstić information content (AvgIpc) is 3.40. The summed E-state index contributed by atoms with van der Waals surface area (Å²) >= 11 is 1.54. The highest BCUT2D eigenvalue weighted by Crippen LogP contribution is 2.31. The molecule has 0 aliphatic heterocycles. The lowest BCUT2D eigenvalue weighted by Gasteiger charge is -2.12. The molecule has 2 heterocycles. The second kappa shape index (κ2) is 8.26. The normalized spacial score (nSPS) is 11.7. The number of carbonyl (C=O) groups excluding carboxylic acids is 1. The molecule has 2 aromatic heterocycles. The number of hydrogen-bond donors (Lipinski definition) is 2. The van der Waals surface area contributed by atoms with E-state index in [0.717, 1.165) is 20.8 Å². The Labute approximate surface area is 184 Å². The van der Waals surface area contributed by atoms with Crippen LogP contribution in [0.3, 0.4) is 0 Å². The molecular weight excluding hydrogens is 434 g/mol. The van der Waals surface area contributed by atoms with Gasteiger partial charge in [0.05, 0.1) is 21.7 Å². The third-order valence-electron chi connectivity index (χ3n) is 5.03. The molecule has 0 fully saturated rings. The van der Waals surface area contributed by atoms with E-state index in [1.54, 1.807) is 26.0 Å². The fraction of sp³-hybridized carbons (Fsp3) is 0.182. The highest BCUT2D eigenvalue weighted by molar-refractivity contribution is 7.89. The summed E-state index contributed by atoms with van der Waals surface area (Å²) in [6, 6.07) is 14.5. The third-order valence-corrected chi connectivity index (χ3v) is 7.62. The largest absolute Gasteiger partial charge is 0.457 e. The molecule has 0 saturated heterocycles. The van der Waals surface area contributed by atoms with Gasteiger partial charge in [0, 0.05) is 5.56 Å². The zero-order valence-corrected chi connectivity index (χ0v) is 18.9. The van der Waals surface area contributed by atoms with Crippen LogP contribution in [-0.2, 0) is 16.6 Å². The number of nitrogens with zero attached hydrogens (tertiary/aromatic N) is 1. The molecule has 0 atom stereocenters. The van der Waals surface area contributed by atoms with Gasteiger partial charge in [0.1, 0.15) is 5.76 Å². The van der Waals surface area contributed by atoms with Gasteiger partial charge in [-0.1, -0.05) is 12.1 Å². The molecule has 4 aromatic rings. The Morgan fingerprint density at radius 1 is 1.13 bits per heavy atom. The Balaban J connectivity index is 1.51. The molecule has 2 N–H and O–H groups in total. The number of sulfonamides is 1. The van der Waals surface area contributed by atoms with Gasteiger partial charge >= 0.3 is 0 Å². The lowest BCUT2D eigenvalue weighted by molar-refractivity contribution is 0.0948. The van der Waals surface area contributed by atoms with E-state index in [9.17, 15) is 13.2 Å². The maximum absolute atomic E-state index is 12.7. The summed E-state index contributed by atoms with van der Waals surface area (Å²) in [5.41, 5.74) is 2.51. The van der Waals surface area contributed by atoms with Crippen molar-refractivity contribution in [2.75, 3.05) is 7.05 Å². The summed E-state index contributed by atoms with van der Waals surface area (Å²) in [7, 11) is -2.32. The Bertz CT molecular complexity index is 1350. The second-order valence-corrected chi connectivity index (χ2v) is 9.94. The Morgan fingerprint density at radius 3 is 2.65 bits per heavy atom. The number of amides is 1. The van der Waals surface area contributed by atoms with E-state index in [1.807, 2.05) is 30.3 Å². The number of carbonyl (C=O) groups is 1. The van der Waals surface area contributed by atoms with E-state index in [2.05, 4.69) is 15.0 Å². The van der Waals surface area contributed by atoms with E-state index < -0.39 is 10.0 Å². The monoisotopic (exact) mass is 455 g/mol. The first-order valence-corrected chi connectivity index (χ1v) is 11.9. The summed E-state index contributed by atoms with van der Waals surface area (Å²) < 4.78 is 33.8. The molecule has 9 heteroatoms. The lowest BCUT2D eigenvalue weighted by Crippen LogP contribution is -2.25. The van der Waals surface area contributed by atoms with Crippen LogP contribution in [0.15, 0.2) is 57.8 Å². The van der Waals surface area contributed by atoms with Crippen LogP contribution < -0.4 is 10.0 Å². The summed E-state index contributed by atoms with van der Waals surface area (Å²) in [5.74, 6) is 0.835. The van der Waals surface area contributed by atoms with E-state index in [0.29, 0.717) is 17.1 Å². The molecule has 4 rings (SSSR count). The number of benzene rings is 2. The molecule has 31 heavy (non-hydrogen) atoms. The number of aryl methyl sites for hydroxylation is 1. The Kier molecular flexibility index (Phi) is 5.65. The predicted molar refractivity (Wildman–Crippen MR) is 121 cm³/mol. The molecular formula is C22H21N3O4S2. The third kappa shape index (κ3) is 4.25. The number of aromatic nitrogens is 1. The van der Waals surface area contributed by atoms with Gasteiger partial charge in [0.15, 0.2) is 10.8 Å². The van der Waals surface area contributed by atoms with Crippen molar-refractivity contribution in [1.29, 1.82) is 0 Å². The van der Waals surface area contributed by atoms with Gasteiger partial charge < -0.3 is 9.73 Å². The molecule has 160 valence electrons. The maximum Gasteiger partial charge on any atom is 0.251 e. The van der Waals surface area contributed by atoms with E-state index in [1.165, 1.54) is 24.5 Å². The topological polar surface area (TPSA) is 101 Å². The molecule has 0 bridgehead atoms. The first-order valence-electron chi connectivity index (χ1n) is 9.56. The number of nitrogens with one attached hydrogen (secondary N) is 2. The number of hydrogen-bond acceptors (Lipinski definition) is 6. The number of fused-ring (bicyclic) bond motifs is 1. The number of rotatable bonds is 6. The molecule has 0 saturated carbocycles. The van der Waals surface area contributed by atoms with E-state index >= 15 is 0 Å². The van der Waals surface area contributed by atoms with Crippen LogP contribution in [0.1, 0.15) is 27.2 Å². The molecule has 7 nitrogen and oxygen atoms in total. The van der Waals surface area contributed by atoms with Crippen LogP contribution in [0.4, 0.5) is 0 Å². The van der Waals surface area contributed by atoms with Crippen LogP contribution in [0.25, 0.3) is 21.0 Å². The van der Waals surface area contributed by atoms with Crippen molar-refractivity contribution in [1.82, 2.24) is 15.0 Å². The minimum atomic E-state index is -3.67. The second-order valence-electron chi connectivity index (χ2n) is 7.06. The first-order chi connectivity index (χ1) is 14.8. The molecule has 0 spiro atoms. The van der Waals surface area contributed by atoms with Gasteiger partial charge in [0.25, 0.3) is 5.91 Å². The SMILES string of the molecule is CNS(=O)(=O)c1cc(C(=O)NCc2ccc(-c3nc4ccccc4s3)o2)cc(C)c1C. The van der Waals surface area contributed by atoms with Crippen LogP contribution in [-0.4, -0.2) is 26.4 Å². The highest BCUT2D eigenvalue weighted by atomic mass is 32.2. The Hall–Kier alpha value is -3.01. The van der Waals surface area contributed by atoms with Crippen molar-refractivity contribution >= 4 is 37.5 Å². The summed E-state index contributed by atoms with van der Waals surface area (Å²) in [6.07, 6.45) is 0. The maximum atomic E-state index is 12.7. The van der Waals surface area contributed by atoms with E-state index in [4.69, 9.17) is 4.42 Å². The van der Waals surface area contributed by atoms with Crippen LogP contribution >= 0.6 is 11.3 Å². The summed E-state index contributed by atoms with van der Waals surface area (Å²) in [4.78, 5) is 17.3. The van der Waals surface area contributed by atoms with Crippen molar-refractivity contribution in [3.63, 3.8) is 0 Å². The van der Waals surface area contributed by atoms with Gasteiger partial charge in [0.2, 0.25) is 10.0 Å². The number of thiazole rings is 1. The van der Waals surface area contributed by atoms with E-state index in [-0.39, 0.29) is 22.9 Å². The van der Waals surface area contributed by atoms with Gasteiger partial charge in [-0.2, -0.15) is 0 Å². The standard InChI is InChI=1S/C22H21N3O4S2/c1-13-10-15(11-20(14(13)2)31(27,28)23-3)21(26)24-12-16-8-9-18(29-16)22-25-17-6-4-5-7-19(17)30-22/h4-11,23H,12H2,1-3H3,(H,24,26). The van der Waals surface area contributed by atoms with Gasteiger partial charge in [-0.15, -0.1) is 11.3 Å². The molecule has 0 aliphatic carbocycles. The zero-order chi connectivity index (χ0) is 22.2. The van der Waals surface area contributed by atoms with Gasteiger partial charge in [-0.3, -0.25) is 4.79 Å². The van der Waals surface area contributed by atoms with Crippen molar-refractivity contribution in [2.45, 2.75) is 25.3 Å². The zero-order valence-electron chi connectivity index (χ0n) is 17.2. The van der Waals surface area contributed by atoms with Crippen LogP contribution in [0.2, 0.25) is 0 Å². The quantitative estimate of drug-likeness (QED) is 0.457. The minimum Gasteiger partial charge on any atom is -0.457 e. The van der Waals surface area contributed by atoms with Crippen LogP contribution in [0.5, 0.6) is 0 Å². The van der Waals surface area contributed by atoms with Crippen molar-refractivity contribution in [2.24, 2.45) is 0 Å². The molecule has 0 aliphatic rings. The predicted octanol–water partition coefficient (Wildman–Crippen LogP) is 4.01. The lowest BCUT2D eigenvalue weighted by atomic mass is 10.1. The fourth-order valence-corrected chi connectivity index (χ4v) is 5.18.